The second-order valence-electron chi connectivity index (χ2n) is 7.87. The molecular formula is C24H28Cl2FN5O3. The summed E-state index contributed by atoms with van der Waals surface area (Å²) in [4.78, 5) is 31.2. The lowest BCUT2D eigenvalue weighted by Crippen LogP contribution is -2.38. The molecule has 0 aliphatic rings. The van der Waals surface area contributed by atoms with Crippen molar-refractivity contribution >= 4 is 57.5 Å². The summed E-state index contributed by atoms with van der Waals surface area (Å²) in [5.41, 5.74) is 8.77. The first-order valence-electron chi connectivity index (χ1n) is 11.2. The van der Waals surface area contributed by atoms with E-state index in [1.807, 2.05) is 29.8 Å². The van der Waals surface area contributed by atoms with E-state index in [2.05, 4.69) is 15.2 Å². The molecule has 0 spiro atoms. The monoisotopic (exact) mass is 523 g/mol. The van der Waals surface area contributed by atoms with Gasteiger partial charge in [0.2, 0.25) is 5.91 Å². The van der Waals surface area contributed by atoms with Crippen molar-refractivity contribution in [2.45, 2.75) is 25.8 Å². The maximum absolute atomic E-state index is 14.2. The van der Waals surface area contributed by atoms with Crippen LogP contribution < -0.4 is 20.7 Å². The number of benzene rings is 2. The van der Waals surface area contributed by atoms with Gasteiger partial charge in [-0.15, -0.1) is 23.2 Å². The summed E-state index contributed by atoms with van der Waals surface area (Å²) < 4.78 is 21.1. The summed E-state index contributed by atoms with van der Waals surface area (Å²) in [7, 11) is 1.85. The number of imidazole rings is 1. The van der Waals surface area contributed by atoms with E-state index in [0.29, 0.717) is 30.7 Å². The Balaban J connectivity index is 1.78. The fraction of sp³-hybridized carbons (Fsp3) is 0.375. The molecule has 0 radical (unpaired) electrons. The molecule has 3 N–H and O–H groups in total. The number of nitrogens with two attached hydrogens (primary N) is 1. The van der Waals surface area contributed by atoms with Crippen LogP contribution >= 0.6 is 23.2 Å². The molecule has 8 nitrogen and oxygen atoms in total. The van der Waals surface area contributed by atoms with Crippen LogP contribution in [0.1, 0.15) is 19.2 Å². The largest absolute Gasteiger partial charge is 0.421 e. The second-order valence-corrected chi connectivity index (χ2v) is 8.63. The fourth-order valence-corrected chi connectivity index (χ4v) is 4.01. The standard InChI is InChI=1S/C24H28Cl2FN5O3/c1-3-22(33)35-23-16(27)5-4-6-18(23)30-24(34)17(28)14-21-29-19-13-15(7-8-20(19)31(21)2)32(11-9-25)12-10-26/h4-8,13,17H,3,9-12,14,28H2,1-2H3,(H,30,34)/t17-/m0/s1. The third kappa shape index (κ3) is 6.42. The third-order valence-electron chi connectivity index (χ3n) is 5.50. The molecule has 3 rings (SSSR count). The molecule has 0 aliphatic carbocycles. The van der Waals surface area contributed by atoms with Crippen molar-refractivity contribution in [2.75, 3.05) is 35.1 Å². The summed E-state index contributed by atoms with van der Waals surface area (Å²) in [5.74, 6) is -0.737. The molecule has 1 aromatic heterocycles. The summed E-state index contributed by atoms with van der Waals surface area (Å²) in [6.45, 7) is 2.89. The zero-order valence-electron chi connectivity index (χ0n) is 19.6. The van der Waals surface area contributed by atoms with Gasteiger partial charge in [0.15, 0.2) is 11.6 Å². The zero-order valence-corrected chi connectivity index (χ0v) is 21.1. The highest BCUT2D eigenvalue weighted by Gasteiger charge is 2.22. The molecule has 1 atom stereocenters. The number of hydrogen-bond donors (Lipinski definition) is 2. The predicted molar refractivity (Wildman–Crippen MR) is 137 cm³/mol. The predicted octanol–water partition coefficient (Wildman–Crippen LogP) is 3.82. The number of carbonyl (C=O) groups is 2. The molecule has 0 fully saturated rings. The fourth-order valence-electron chi connectivity index (χ4n) is 3.60. The zero-order chi connectivity index (χ0) is 25.5. The molecule has 188 valence electrons. The van der Waals surface area contributed by atoms with Gasteiger partial charge in [-0.3, -0.25) is 9.59 Å². The molecule has 0 unspecified atom stereocenters. The molecule has 0 aliphatic heterocycles. The SMILES string of the molecule is CCC(=O)Oc1c(F)cccc1NC(=O)[C@@H](N)Cc1nc2cc(N(CCCl)CCCl)ccc2n1C. The lowest BCUT2D eigenvalue weighted by molar-refractivity contribution is -0.134. The Bertz CT molecular complexity index is 1200. The number of nitrogens with zero attached hydrogens (tertiary/aromatic N) is 3. The second kappa shape index (κ2) is 12.2. The summed E-state index contributed by atoms with van der Waals surface area (Å²) in [6.07, 6.45) is 0.198. The van der Waals surface area contributed by atoms with Crippen LogP contribution in [0.25, 0.3) is 11.0 Å². The van der Waals surface area contributed by atoms with Gasteiger partial charge in [-0.1, -0.05) is 13.0 Å². The summed E-state index contributed by atoms with van der Waals surface area (Å²) in [6, 6.07) is 8.88. The van der Waals surface area contributed by atoms with Crippen molar-refractivity contribution in [2.24, 2.45) is 12.8 Å². The number of fused-ring (bicyclic) bond motifs is 1. The number of anilines is 2. The first kappa shape index (κ1) is 26.7. The Morgan fingerprint density at radius 3 is 2.60 bits per heavy atom. The van der Waals surface area contributed by atoms with Crippen molar-refractivity contribution in [3.8, 4) is 5.75 Å². The van der Waals surface area contributed by atoms with Gasteiger partial charge in [0.05, 0.1) is 22.8 Å². The number of hydrogen-bond acceptors (Lipinski definition) is 6. The maximum atomic E-state index is 14.2. The number of carbonyl (C=O) groups excluding carboxylic acids is 2. The van der Waals surface area contributed by atoms with Crippen LogP contribution in [0.2, 0.25) is 0 Å². The van der Waals surface area contributed by atoms with E-state index in [1.165, 1.54) is 12.1 Å². The minimum Gasteiger partial charge on any atom is -0.421 e. The van der Waals surface area contributed by atoms with E-state index < -0.39 is 23.7 Å². The lowest BCUT2D eigenvalue weighted by atomic mass is 10.2. The molecule has 11 heteroatoms. The molecule has 0 saturated carbocycles. The third-order valence-corrected chi connectivity index (χ3v) is 5.84. The molecule has 0 saturated heterocycles. The Morgan fingerprint density at radius 2 is 1.94 bits per heavy atom. The van der Waals surface area contributed by atoms with Crippen LogP contribution in [0.3, 0.4) is 0 Å². The maximum Gasteiger partial charge on any atom is 0.311 e. The van der Waals surface area contributed by atoms with Crippen molar-refractivity contribution in [3.63, 3.8) is 0 Å². The van der Waals surface area contributed by atoms with Gasteiger partial charge < -0.3 is 25.3 Å². The van der Waals surface area contributed by atoms with E-state index in [-0.39, 0.29) is 24.3 Å². The quantitative estimate of drug-likeness (QED) is 0.225. The highest BCUT2D eigenvalue weighted by molar-refractivity contribution is 6.18. The van der Waals surface area contributed by atoms with Crippen LogP contribution in [-0.4, -0.2) is 52.3 Å². The van der Waals surface area contributed by atoms with Gasteiger partial charge in [0, 0.05) is 50.4 Å². The molecule has 35 heavy (non-hydrogen) atoms. The highest BCUT2D eigenvalue weighted by Crippen LogP contribution is 2.28. The molecule has 0 bridgehead atoms. The number of aryl methyl sites for hydroxylation is 1. The Kier molecular flexibility index (Phi) is 9.31. The van der Waals surface area contributed by atoms with E-state index in [0.717, 1.165) is 22.8 Å². The molecule has 1 heterocycles. The first-order valence-corrected chi connectivity index (χ1v) is 12.2. The molecule has 2 aromatic carbocycles. The minimum absolute atomic E-state index is 0.0283. The van der Waals surface area contributed by atoms with Gasteiger partial charge in [0.1, 0.15) is 5.82 Å². The van der Waals surface area contributed by atoms with E-state index in [4.69, 9.17) is 33.7 Å². The van der Waals surface area contributed by atoms with Crippen LogP contribution in [0.5, 0.6) is 5.75 Å². The number of halogens is 3. The van der Waals surface area contributed by atoms with Gasteiger partial charge in [-0.2, -0.15) is 0 Å². The Labute approximate surface area is 213 Å². The number of esters is 1. The number of ether oxygens (including phenoxy) is 1. The lowest BCUT2D eigenvalue weighted by Gasteiger charge is -2.22. The number of nitrogens with one attached hydrogen (secondary N) is 1. The minimum atomic E-state index is -0.980. The highest BCUT2D eigenvalue weighted by atomic mass is 35.5. The van der Waals surface area contributed by atoms with Crippen LogP contribution in [0.15, 0.2) is 36.4 Å². The first-order chi connectivity index (χ1) is 16.8. The van der Waals surface area contributed by atoms with Crippen LogP contribution in [0.4, 0.5) is 15.8 Å². The van der Waals surface area contributed by atoms with Crippen molar-refractivity contribution < 1.29 is 18.7 Å². The van der Waals surface area contributed by atoms with Crippen molar-refractivity contribution in [3.05, 3.63) is 48.0 Å². The molecule has 3 aromatic rings. The van der Waals surface area contributed by atoms with Gasteiger partial charge >= 0.3 is 5.97 Å². The summed E-state index contributed by atoms with van der Waals surface area (Å²) >= 11 is 11.8. The summed E-state index contributed by atoms with van der Waals surface area (Å²) in [5, 5.41) is 2.56. The molecule has 1 amide bonds. The number of aromatic nitrogens is 2. The average molecular weight is 524 g/mol. The van der Waals surface area contributed by atoms with E-state index in [9.17, 15) is 14.0 Å². The van der Waals surface area contributed by atoms with Gasteiger partial charge in [0.25, 0.3) is 0 Å². The van der Waals surface area contributed by atoms with E-state index >= 15 is 0 Å². The van der Waals surface area contributed by atoms with E-state index in [1.54, 1.807) is 6.92 Å². The Hall–Kier alpha value is -2.88. The normalized spacial score (nSPS) is 11.9. The number of alkyl halides is 2. The van der Waals surface area contributed by atoms with Crippen LogP contribution in [0, 0.1) is 5.82 Å². The van der Waals surface area contributed by atoms with Crippen molar-refractivity contribution in [1.29, 1.82) is 0 Å². The molecular weight excluding hydrogens is 496 g/mol. The smallest absolute Gasteiger partial charge is 0.311 e. The van der Waals surface area contributed by atoms with Crippen LogP contribution in [-0.2, 0) is 23.1 Å². The topological polar surface area (TPSA) is 102 Å². The van der Waals surface area contributed by atoms with Crippen molar-refractivity contribution in [1.82, 2.24) is 9.55 Å². The number of rotatable bonds is 11. The average Bonchev–Trinajstić information content (AvgIpc) is 3.15. The number of para-hydroxylation sites is 1. The Morgan fingerprint density at radius 1 is 1.23 bits per heavy atom. The van der Waals surface area contributed by atoms with Gasteiger partial charge in [-0.05, 0) is 30.3 Å². The number of amides is 1. The van der Waals surface area contributed by atoms with Gasteiger partial charge in [-0.25, -0.2) is 9.37 Å².